The largest absolute Gasteiger partial charge is 0.308 e. The first-order valence-electron chi connectivity index (χ1n) is 6.23. The number of hydrogen-bond donors (Lipinski definition) is 1. The summed E-state index contributed by atoms with van der Waals surface area (Å²) in [6.07, 6.45) is 0.549. The lowest BCUT2D eigenvalue weighted by Gasteiger charge is -2.25. The molecule has 1 aromatic carbocycles. The Balaban J connectivity index is 2.02. The first-order valence-corrected chi connectivity index (χ1v) is 6.23. The third kappa shape index (κ3) is 3.03. The molecule has 17 heavy (non-hydrogen) atoms. The van der Waals surface area contributed by atoms with Gasteiger partial charge in [-0.25, -0.2) is 8.78 Å². The molecule has 1 aliphatic rings. The van der Waals surface area contributed by atoms with Crippen molar-refractivity contribution in [2.24, 2.45) is 0 Å². The summed E-state index contributed by atoms with van der Waals surface area (Å²) in [6.45, 7) is 3.26. The van der Waals surface area contributed by atoms with E-state index in [1.54, 1.807) is 0 Å². The normalized spacial score (nSPS) is 24.5. The molecule has 0 aliphatic carbocycles. The molecular formula is C14H19F2N. The summed E-state index contributed by atoms with van der Waals surface area (Å²) in [7, 11) is 0. The topological polar surface area (TPSA) is 12.0 Å². The zero-order valence-electron chi connectivity index (χ0n) is 10.2. The van der Waals surface area contributed by atoms with Crippen molar-refractivity contribution in [3.8, 4) is 0 Å². The van der Waals surface area contributed by atoms with Gasteiger partial charge in [0.2, 0.25) is 6.43 Å². The van der Waals surface area contributed by atoms with Gasteiger partial charge in [-0.05, 0) is 43.9 Å². The maximum atomic E-state index is 12.1. The molecule has 1 N–H and O–H groups in total. The Morgan fingerprint density at radius 3 is 2.53 bits per heavy atom. The summed E-state index contributed by atoms with van der Waals surface area (Å²) in [5.74, 6) is 0. The van der Waals surface area contributed by atoms with Crippen LogP contribution in [-0.4, -0.2) is 13.0 Å². The number of rotatable bonds is 4. The molecule has 1 aliphatic heterocycles. The number of alkyl halides is 2. The van der Waals surface area contributed by atoms with E-state index in [1.165, 1.54) is 12.0 Å². The van der Waals surface area contributed by atoms with E-state index in [0.717, 1.165) is 18.5 Å². The van der Waals surface area contributed by atoms with Crippen molar-refractivity contribution in [1.29, 1.82) is 0 Å². The highest BCUT2D eigenvalue weighted by molar-refractivity contribution is 5.29. The summed E-state index contributed by atoms with van der Waals surface area (Å²) in [6, 6.07) is 8.09. The van der Waals surface area contributed by atoms with Gasteiger partial charge in [-0.1, -0.05) is 24.3 Å². The molecule has 1 saturated heterocycles. The minimum absolute atomic E-state index is 0.0468. The highest BCUT2D eigenvalue weighted by atomic mass is 19.3. The van der Waals surface area contributed by atoms with E-state index in [0.29, 0.717) is 6.42 Å². The number of hydrogen-bond acceptors (Lipinski definition) is 1. The zero-order valence-corrected chi connectivity index (χ0v) is 10.2. The number of halogens is 2. The summed E-state index contributed by atoms with van der Waals surface area (Å²) in [5.41, 5.74) is 2.33. The van der Waals surface area contributed by atoms with Gasteiger partial charge >= 0.3 is 0 Å². The maximum absolute atomic E-state index is 12.1. The third-order valence-electron chi connectivity index (χ3n) is 3.61. The molecule has 0 amide bonds. The van der Waals surface area contributed by atoms with Crippen LogP contribution >= 0.6 is 0 Å². The Morgan fingerprint density at radius 1 is 1.29 bits per heavy atom. The molecule has 0 saturated carbocycles. The lowest BCUT2D eigenvalue weighted by atomic mass is 9.90. The fourth-order valence-corrected chi connectivity index (χ4v) is 2.46. The lowest BCUT2D eigenvalue weighted by molar-refractivity contribution is 0.138. The van der Waals surface area contributed by atoms with Crippen LogP contribution in [0.3, 0.4) is 0 Å². The fraction of sp³-hybridized carbons (Fsp3) is 0.571. The molecule has 1 aromatic rings. The predicted molar refractivity (Wildman–Crippen MR) is 65.4 cm³/mol. The highest BCUT2D eigenvalue weighted by Gasteiger charge is 2.29. The van der Waals surface area contributed by atoms with Gasteiger partial charge in [0.25, 0.3) is 0 Å². The van der Waals surface area contributed by atoms with Crippen LogP contribution in [0.4, 0.5) is 8.78 Å². The van der Waals surface area contributed by atoms with Crippen molar-refractivity contribution < 1.29 is 8.78 Å². The molecule has 0 spiro atoms. The van der Waals surface area contributed by atoms with Crippen LogP contribution in [0.25, 0.3) is 0 Å². The van der Waals surface area contributed by atoms with Gasteiger partial charge in [-0.2, -0.15) is 0 Å². The van der Waals surface area contributed by atoms with Crippen LogP contribution in [0.1, 0.15) is 37.3 Å². The van der Waals surface area contributed by atoms with E-state index < -0.39 is 6.43 Å². The van der Waals surface area contributed by atoms with Crippen molar-refractivity contribution in [2.45, 2.75) is 44.6 Å². The molecule has 94 valence electrons. The third-order valence-corrected chi connectivity index (χ3v) is 3.61. The van der Waals surface area contributed by atoms with Gasteiger partial charge in [0, 0.05) is 12.0 Å². The maximum Gasteiger partial charge on any atom is 0.239 e. The quantitative estimate of drug-likeness (QED) is 0.848. The standard InChI is InChI=1S/C14H19F2N/c1-14(9-2-10-17-14)12-6-3-11(4-7-12)5-8-13(15)16/h3-4,6-7,13,17H,2,5,8-10H2,1H3. The van der Waals surface area contributed by atoms with E-state index in [1.807, 2.05) is 12.1 Å². The van der Waals surface area contributed by atoms with Crippen molar-refractivity contribution in [3.05, 3.63) is 35.4 Å². The summed E-state index contributed by atoms with van der Waals surface area (Å²) < 4.78 is 24.2. The molecule has 0 bridgehead atoms. The van der Waals surface area contributed by atoms with Crippen LogP contribution in [0.2, 0.25) is 0 Å². The molecular weight excluding hydrogens is 220 g/mol. The zero-order chi connectivity index (χ0) is 12.3. The number of benzene rings is 1. The monoisotopic (exact) mass is 239 g/mol. The van der Waals surface area contributed by atoms with Gasteiger partial charge in [0.15, 0.2) is 0 Å². The second kappa shape index (κ2) is 5.13. The Kier molecular flexibility index (Phi) is 3.77. The van der Waals surface area contributed by atoms with Gasteiger partial charge in [-0.3, -0.25) is 0 Å². The van der Waals surface area contributed by atoms with Crippen LogP contribution < -0.4 is 5.32 Å². The van der Waals surface area contributed by atoms with Crippen LogP contribution in [0, 0.1) is 0 Å². The summed E-state index contributed by atoms with van der Waals surface area (Å²) in [5, 5.41) is 3.50. The Bertz CT molecular complexity index is 353. The van der Waals surface area contributed by atoms with Gasteiger partial charge < -0.3 is 5.32 Å². The first-order chi connectivity index (χ1) is 8.10. The van der Waals surface area contributed by atoms with E-state index in [9.17, 15) is 8.78 Å². The average Bonchev–Trinajstić information content (AvgIpc) is 2.75. The Hall–Kier alpha value is -0.960. The Labute approximate surface area is 101 Å². The molecule has 3 heteroatoms. The van der Waals surface area contributed by atoms with Gasteiger partial charge in [-0.15, -0.1) is 0 Å². The molecule has 2 rings (SSSR count). The summed E-state index contributed by atoms with van der Waals surface area (Å²) in [4.78, 5) is 0. The summed E-state index contributed by atoms with van der Waals surface area (Å²) >= 11 is 0. The van der Waals surface area contributed by atoms with Crippen LogP contribution in [0.5, 0.6) is 0 Å². The number of nitrogens with one attached hydrogen (secondary N) is 1. The smallest absolute Gasteiger partial charge is 0.239 e. The number of aryl methyl sites for hydroxylation is 1. The van der Waals surface area contributed by atoms with Crippen molar-refractivity contribution >= 4 is 0 Å². The molecule has 0 radical (unpaired) electrons. The minimum Gasteiger partial charge on any atom is -0.308 e. The second-order valence-electron chi connectivity index (χ2n) is 4.99. The molecule has 1 heterocycles. The molecule has 1 fully saturated rings. The highest BCUT2D eigenvalue weighted by Crippen LogP contribution is 2.30. The fourth-order valence-electron chi connectivity index (χ4n) is 2.46. The van der Waals surface area contributed by atoms with Crippen molar-refractivity contribution in [3.63, 3.8) is 0 Å². The van der Waals surface area contributed by atoms with Crippen LogP contribution in [0.15, 0.2) is 24.3 Å². The molecule has 0 aromatic heterocycles. The first kappa shape index (κ1) is 12.5. The molecule has 1 nitrogen and oxygen atoms in total. The SMILES string of the molecule is CC1(c2ccc(CCC(F)F)cc2)CCCN1. The predicted octanol–water partition coefficient (Wildman–Crippen LogP) is 3.48. The Morgan fingerprint density at radius 2 is 2.00 bits per heavy atom. The minimum atomic E-state index is -2.20. The average molecular weight is 239 g/mol. The second-order valence-corrected chi connectivity index (χ2v) is 4.99. The van der Waals surface area contributed by atoms with Crippen LogP contribution in [-0.2, 0) is 12.0 Å². The van der Waals surface area contributed by atoms with E-state index in [-0.39, 0.29) is 12.0 Å². The van der Waals surface area contributed by atoms with Gasteiger partial charge in [0.05, 0.1) is 0 Å². The van der Waals surface area contributed by atoms with Crippen molar-refractivity contribution in [2.75, 3.05) is 6.54 Å². The van der Waals surface area contributed by atoms with E-state index in [4.69, 9.17) is 0 Å². The van der Waals surface area contributed by atoms with Gasteiger partial charge in [0.1, 0.15) is 0 Å². The van der Waals surface area contributed by atoms with E-state index in [2.05, 4.69) is 24.4 Å². The van der Waals surface area contributed by atoms with E-state index >= 15 is 0 Å². The van der Waals surface area contributed by atoms with Crippen molar-refractivity contribution in [1.82, 2.24) is 5.32 Å². The molecule has 1 unspecified atom stereocenters. The lowest BCUT2D eigenvalue weighted by Crippen LogP contribution is -2.32. The molecule has 1 atom stereocenters.